The Bertz CT molecular complexity index is 1540. The minimum absolute atomic E-state index is 0.0738. The number of nitrogens with two attached hydrogens (primary N) is 1. The Labute approximate surface area is 229 Å². The molecule has 4 aromatic rings. The number of anilines is 1. The summed E-state index contributed by atoms with van der Waals surface area (Å²) in [5.41, 5.74) is 9.83. The zero-order valence-electron chi connectivity index (χ0n) is 21.0. The predicted molar refractivity (Wildman–Crippen MR) is 148 cm³/mol. The standard InChI is InChI=1S/C27H28ClN7O2S/c1-37-13-12-35-16-31-19-6-7-20(23(28)22(19)25(35)36)38-21-15-30-26(33-32-21)34-10-8-27(9-11-34)14-17-4-2-3-5-18(17)24(27)29/h2-7,15-16,24H,8-14,29H2,1H3/t24-/m1/s1. The van der Waals surface area contributed by atoms with Crippen molar-refractivity contribution >= 4 is 40.2 Å². The van der Waals surface area contributed by atoms with Crippen molar-refractivity contribution in [1.29, 1.82) is 0 Å². The molecule has 0 bridgehead atoms. The lowest BCUT2D eigenvalue weighted by molar-refractivity contribution is 0.186. The van der Waals surface area contributed by atoms with Crippen molar-refractivity contribution in [3.8, 4) is 0 Å². The van der Waals surface area contributed by atoms with E-state index in [-0.39, 0.29) is 17.0 Å². The average Bonchev–Trinajstić information content (AvgIpc) is 3.21. The normalized spacial score (nSPS) is 18.3. The zero-order chi connectivity index (χ0) is 26.3. The molecule has 1 saturated heterocycles. The highest BCUT2D eigenvalue weighted by Crippen LogP contribution is 2.50. The molecular weight excluding hydrogens is 522 g/mol. The van der Waals surface area contributed by atoms with Gasteiger partial charge in [-0.15, -0.1) is 10.2 Å². The molecule has 6 rings (SSSR count). The minimum atomic E-state index is -0.202. The molecule has 2 aromatic heterocycles. The molecule has 38 heavy (non-hydrogen) atoms. The lowest BCUT2D eigenvalue weighted by Crippen LogP contribution is -2.45. The Hall–Kier alpha value is -3.05. The summed E-state index contributed by atoms with van der Waals surface area (Å²) >= 11 is 7.99. The summed E-state index contributed by atoms with van der Waals surface area (Å²) in [5, 5.41) is 10.1. The Kier molecular flexibility index (Phi) is 6.81. The van der Waals surface area contributed by atoms with Crippen LogP contribution in [-0.4, -0.2) is 51.5 Å². The summed E-state index contributed by atoms with van der Waals surface area (Å²) in [6.07, 6.45) is 6.24. The van der Waals surface area contributed by atoms with E-state index in [9.17, 15) is 4.79 Å². The van der Waals surface area contributed by atoms with Gasteiger partial charge < -0.3 is 15.4 Å². The molecule has 9 nitrogen and oxygen atoms in total. The first-order valence-corrected chi connectivity index (χ1v) is 13.8. The molecule has 1 fully saturated rings. The minimum Gasteiger partial charge on any atom is -0.383 e. The molecule has 3 heterocycles. The van der Waals surface area contributed by atoms with E-state index in [4.69, 9.17) is 22.1 Å². The van der Waals surface area contributed by atoms with Crippen LogP contribution in [0.3, 0.4) is 0 Å². The molecule has 0 saturated carbocycles. The highest BCUT2D eigenvalue weighted by Gasteiger charge is 2.46. The van der Waals surface area contributed by atoms with Crippen LogP contribution in [0.15, 0.2) is 63.6 Å². The van der Waals surface area contributed by atoms with Gasteiger partial charge in [-0.05, 0) is 47.9 Å². The number of halogens is 1. The molecule has 0 amide bonds. The maximum absolute atomic E-state index is 13.0. The highest BCUT2D eigenvalue weighted by atomic mass is 35.5. The molecule has 1 aliphatic carbocycles. The molecule has 2 aromatic carbocycles. The third kappa shape index (κ3) is 4.45. The van der Waals surface area contributed by atoms with E-state index < -0.39 is 0 Å². The number of benzene rings is 2. The van der Waals surface area contributed by atoms with Crippen LogP contribution >= 0.6 is 23.4 Å². The molecule has 2 aliphatic rings. The van der Waals surface area contributed by atoms with E-state index in [1.807, 2.05) is 6.07 Å². The first-order valence-electron chi connectivity index (χ1n) is 12.6. The second-order valence-electron chi connectivity index (χ2n) is 9.91. The number of piperidine rings is 1. The number of hydrogen-bond acceptors (Lipinski definition) is 9. The van der Waals surface area contributed by atoms with Gasteiger partial charge in [0, 0.05) is 31.1 Å². The Balaban J connectivity index is 1.15. The second-order valence-corrected chi connectivity index (χ2v) is 11.3. The Morgan fingerprint density at radius 2 is 1.97 bits per heavy atom. The molecule has 1 atom stereocenters. The zero-order valence-corrected chi connectivity index (χ0v) is 22.6. The summed E-state index contributed by atoms with van der Waals surface area (Å²) < 4.78 is 6.59. The van der Waals surface area contributed by atoms with Gasteiger partial charge in [-0.1, -0.05) is 47.6 Å². The smallest absolute Gasteiger partial charge is 0.262 e. The quantitative estimate of drug-likeness (QED) is 0.383. The maximum atomic E-state index is 13.0. The molecule has 196 valence electrons. The lowest BCUT2D eigenvalue weighted by atomic mass is 9.73. The van der Waals surface area contributed by atoms with Gasteiger partial charge in [-0.25, -0.2) is 9.97 Å². The SMILES string of the molecule is COCCn1cnc2ccc(Sc3cnc(N4CCC5(CC4)Cc4ccccc4[C@H]5N)nn3)c(Cl)c2c1=O. The van der Waals surface area contributed by atoms with Gasteiger partial charge in [-0.3, -0.25) is 9.36 Å². The summed E-state index contributed by atoms with van der Waals surface area (Å²) in [4.78, 5) is 24.8. The molecule has 1 aliphatic heterocycles. The summed E-state index contributed by atoms with van der Waals surface area (Å²) in [6, 6.07) is 12.2. The van der Waals surface area contributed by atoms with Gasteiger partial charge in [-0.2, -0.15) is 0 Å². The van der Waals surface area contributed by atoms with Crippen LogP contribution < -0.4 is 16.2 Å². The number of ether oxygens (including phenoxy) is 1. The van der Waals surface area contributed by atoms with E-state index in [0.29, 0.717) is 44.9 Å². The summed E-state index contributed by atoms with van der Waals surface area (Å²) in [5.74, 6) is 0.614. The number of hydrogen-bond donors (Lipinski definition) is 1. The van der Waals surface area contributed by atoms with Crippen molar-refractivity contribution in [2.75, 3.05) is 31.7 Å². The predicted octanol–water partition coefficient (Wildman–Crippen LogP) is 3.88. The first kappa shape index (κ1) is 25.2. The highest BCUT2D eigenvalue weighted by molar-refractivity contribution is 7.99. The molecular formula is C27H28ClN7O2S. The van der Waals surface area contributed by atoms with E-state index in [0.717, 1.165) is 32.4 Å². The van der Waals surface area contributed by atoms with Crippen LogP contribution in [0.5, 0.6) is 0 Å². The van der Waals surface area contributed by atoms with Crippen LogP contribution in [0, 0.1) is 5.41 Å². The van der Waals surface area contributed by atoms with Crippen molar-refractivity contribution in [2.45, 2.75) is 41.8 Å². The van der Waals surface area contributed by atoms with Crippen LogP contribution in [0.2, 0.25) is 5.02 Å². The monoisotopic (exact) mass is 549 g/mol. The van der Waals surface area contributed by atoms with Gasteiger partial charge in [0.2, 0.25) is 5.95 Å². The van der Waals surface area contributed by atoms with Gasteiger partial charge in [0.1, 0.15) is 5.03 Å². The number of aromatic nitrogens is 5. The van der Waals surface area contributed by atoms with E-state index in [1.54, 1.807) is 19.4 Å². The maximum Gasteiger partial charge on any atom is 0.262 e. The summed E-state index contributed by atoms with van der Waals surface area (Å²) in [6.45, 7) is 2.49. The van der Waals surface area contributed by atoms with Crippen molar-refractivity contribution in [1.82, 2.24) is 24.7 Å². The molecule has 0 radical (unpaired) electrons. The van der Waals surface area contributed by atoms with Gasteiger partial charge in [0.05, 0.1) is 41.6 Å². The Morgan fingerprint density at radius 3 is 2.71 bits per heavy atom. The van der Waals surface area contributed by atoms with Crippen molar-refractivity contribution in [3.05, 3.63) is 75.4 Å². The van der Waals surface area contributed by atoms with Gasteiger partial charge >= 0.3 is 0 Å². The molecule has 2 N–H and O–H groups in total. The van der Waals surface area contributed by atoms with Crippen LogP contribution in [0.1, 0.15) is 30.0 Å². The van der Waals surface area contributed by atoms with Crippen molar-refractivity contribution in [3.63, 3.8) is 0 Å². The van der Waals surface area contributed by atoms with Crippen LogP contribution in [-0.2, 0) is 17.7 Å². The largest absolute Gasteiger partial charge is 0.383 e. The van der Waals surface area contributed by atoms with E-state index >= 15 is 0 Å². The lowest BCUT2D eigenvalue weighted by Gasteiger charge is -2.42. The fourth-order valence-electron chi connectivity index (χ4n) is 5.63. The third-order valence-corrected chi connectivity index (χ3v) is 9.27. The first-order chi connectivity index (χ1) is 18.5. The molecule has 0 unspecified atom stereocenters. The van der Waals surface area contributed by atoms with Gasteiger partial charge in [0.25, 0.3) is 5.56 Å². The number of rotatable bonds is 6. The summed E-state index contributed by atoms with van der Waals surface area (Å²) in [7, 11) is 1.59. The van der Waals surface area contributed by atoms with Crippen molar-refractivity contribution < 1.29 is 4.74 Å². The number of nitrogens with zero attached hydrogens (tertiary/aromatic N) is 6. The topological polar surface area (TPSA) is 112 Å². The average molecular weight is 550 g/mol. The second kappa shape index (κ2) is 10.3. The fourth-order valence-corrected chi connectivity index (χ4v) is 6.73. The number of methoxy groups -OCH3 is 1. The molecule has 11 heteroatoms. The third-order valence-electron chi connectivity index (χ3n) is 7.81. The Morgan fingerprint density at radius 1 is 1.16 bits per heavy atom. The van der Waals surface area contributed by atoms with Gasteiger partial charge in [0.15, 0.2) is 0 Å². The number of fused-ring (bicyclic) bond motifs is 2. The molecule has 1 spiro atoms. The van der Waals surface area contributed by atoms with E-state index in [2.05, 4.69) is 49.3 Å². The van der Waals surface area contributed by atoms with Crippen LogP contribution in [0.25, 0.3) is 10.9 Å². The van der Waals surface area contributed by atoms with Crippen LogP contribution in [0.4, 0.5) is 5.95 Å². The van der Waals surface area contributed by atoms with Crippen molar-refractivity contribution in [2.24, 2.45) is 11.1 Å². The fraction of sp³-hybridized carbons (Fsp3) is 0.370. The van der Waals surface area contributed by atoms with E-state index in [1.165, 1.54) is 33.8 Å².